The van der Waals surface area contributed by atoms with Gasteiger partial charge >= 0.3 is 0 Å². The van der Waals surface area contributed by atoms with Crippen LogP contribution in [0.3, 0.4) is 0 Å². The number of nitrogens with zero attached hydrogens (tertiary/aromatic N) is 2. The molecule has 2 aliphatic rings. The van der Waals surface area contributed by atoms with Gasteiger partial charge in [-0.15, -0.1) is 24.0 Å². The second kappa shape index (κ2) is 8.28. The zero-order valence-electron chi connectivity index (χ0n) is 15.4. The minimum absolute atomic E-state index is 0. The van der Waals surface area contributed by atoms with Crippen molar-refractivity contribution in [2.45, 2.75) is 44.9 Å². The van der Waals surface area contributed by atoms with Crippen LogP contribution in [0.25, 0.3) is 0 Å². The van der Waals surface area contributed by atoms with E-state index in [0.717, 1.165) is 0 Å². The summed E-state index contributed by atoms with van der Waals surface area (Å²) in [6, 6.07) is 0.165. The Labute approximate surface area is 168 Å². The maximum absolute atomic E-state index is 12.2. The van der Waals surface area contributed by atoms with Crippen LogP contribution in [0.4, 0.5) is 0 Å². The number of nitrogens with one attached hydrogen (secondary N) is 1. The Morgan fingerprint density at radius 3 is 2.36 bits per heavy atom. The summed E-state index contributed by atoms with van der Waals surface area (Å²) in [7, 11) is -6.01. The molecule has 0 aromatic carbocycles. The highest BCUT2D eigenvalue weighted by Crippen LogP contribution is 2.24. The second-order valence-electron chi connectivity index (χ2n) is 7.73. The van der Waals surface area contributed by atoms with Crippen molar-refractivity contribution in [3.63, 3.8) is 0 Å². The lowest BCUT2D eigenvalue weighted by molar-refractivity contribution is 0.349. The van der Waals surface area contributed by atoms with Gasteiger partial charge in [-0.1, -0.05) is 0 Å². The molecule has 0 radical (unpaired) electrons. The Kier molecular flexibility index (Phi) is 7.60. The van der Waals surface area contributed by atoms with Crippen LogP contribution < -0.4 is 5.32 Å². The number of hydrogen-bond donors (Lipinski definition) is 1. The summed E-state index contributed by atoms with van der Waals surface area (Å²) in [5, 5.41) is 3.29. The molecule has 0 aromatic rings. The van der Waals surface area contributed by atoms with E-state index in [1.54, 1.807) is 13.8 Å². The number of rotatable bonds is 3. The van der Waals surface area contributed by atoms with E-state index in [1.165, 1.54) is 0 Å². The minimum Gasteiger partial charge on any atom is -0.354 e. The standard InChI is InChI=1S/C15H29N3O4S2.HI/c1-12(2)17-14(16-9-13-5-7-23(19,20)10-13)18-6-8-24(21,22)15(3,4)11-18;/h12-13H,5-11H2,1-4H3,(H,16,17);1H. The van der Waals surface area contributed by atoms with Crippen LogP contribution in [-0.2, 0) is 19.7 Å². The SMILES string of the molecule is CC(C)NC(=NCC1CCS(=O)(=O)C1)N1CCS(=O)(=O)C(C)(C)C1.I. The molecule has 7 nitrogen and oxygen atoms in total. The van der Waals surface area contributed by atoms with Crippen molar-refractivity contribution in [1.29, 1.82) is 0 Å². The van der Waals surface area contributed by atoms with Gasteiger partial charge < -0.3 is 10.2 Å². The molecular formula is C15H30IN3O4S2. The topological polar surface area (TPSA) is 95.9 Å². The van der Waals surface area contributed by atoms with Crippen molar-refractivity contribution in [3.05, 3.63) is 0 Å². The van der Waals surface area contributed by atoms with Crippen molar-refractivity contribution in [2.75, 3.05) is 36.9 Å². The largest absolute Gasteiger partial charge is 0.354 e. The third-order valence-electron chi connectivity index (χ3n) is 4.59. The Morgan fingerprint density at radius 2 is 1.88 bits per heavy atom. The average Bonchev–Trinajstić information content (AvgIpc) is 2.77. The van der Waals surface area contributed by atoms with Gasteiger partial charge in [-0.05, 0) is 40.0 Å². The third kappa shape index (κ3) is 5.95. The lowest BCUT2D eigenvalue weighted by atomic mass is 10.1. The van der Waals surface area contributed by atoms with Crippen molar-refractivity contribution in [3.8, 4) is 0 Å². The molecule has 1 atom stereocenters. The fourth-order valence-corrected chi connectivity index (χ4v) is 6.27. The van der Waals surface area contributed by atoms with E-state index in [9.17, 15) is 16.8 Å². The zero-order valence-corrected chi connectivity index (χ0v) is 19.3. The second-order valence-corrected chi connectivity index (χ2v) is 12.7. The maximum atomic E-state index is 12.2. The van der Waals surface area contributed by atoms with Gasteiger partial charge in [0.15, 0.2) is 25.6 Å². The summed E-state index contributed by atoms with van der Waals surface area (Å²) in [6.07, 6.45) is 0.653. The number of guanidine groups is 1. The molecule has 0 bridgehead atoms. The van der Waals surface area contributed by atoms with E-state index in [2.05, 4.69) is 10.3 Å². The maximum Gasteiger partial charge on any atom is 0.194 e. The normalized spacial score (nSPS) is 27.8. The minimum atomic E-state index is -3.11. The van der Waals surface area contributed by atoms with Crippen molar-refractivity contribution in [1.82, 2.24) is 10.2 Å². The Hall–Kier alpha value is -0.100. The van der Waals surface area contributed by atoms with E-state index < -0.39 is 24.4 Å². The molecule has 10 heteroatoms. The Bertz CT molecular complexity index is 702. The van der Waals surface area contributed by atoms with Crippen LogP contribution in [0.15, 0.2) is 4.99 Å². The smallest absolute Gasteiger partial charge is 0.194 e. The molecule has 2 aliphatic heterocycles. The summed E-state index contributed by atoms with van der Waals surface area (Å²) in [5.41, 5.74) is 0. The summed E-state index contributed by atoms with van der Waals surface area (Å²) in [6.45, 7) is 8.74. The predicted octanol–water partition coefficient (Wildman–Crippen LogP) is 0.902. The number of hydrogen-bond acceptors (Lipinski definition) is 5. The van der Waals surface area contributed by atoms with E-state index in [-0.39, 0.29) is 53.2 Å². The van der Waals surface area contributed by atoms with E-state index in [0.29, 0.717) is 32.0 Å². The monoisotopic (exact) mass is 507 g/mol. The summed E-state index contributed by atoms with van der Waals surface area (Å²) in [5.74, 6) is 1.29. The Balaban J connectivity index is 0.00000312. The van der Waals surface area contributed by atoms with Gasteiger partial charge in [0.25, 0.3) is 0 Å². The first-order chi connectivity index (χ1) is 10.9. The molecule has 148 valence electrons. The lowest BCUT2D eigenvalue weighted by Gasteiger charge is -2.39. The zero-order chi connectivity index (χ0) is 18.2. The number of sulfone groups is 2. The average molecular weight is 507 g/mol. The quantitative estimate of drug-likeness (QED) is 0.347. The molecule has 2 heterocycles. The van der Waals surface area contributed by atoms with Crippen LogP contribution in [0.5, 0.6) is 0 Å². The first kappa shape index (κ1) is 22.9. The van der Waals surface area contributed by atoms with Crippen LogP contribution in [0.1, 0.15) is 34.1 Å². The summed E-state index contributed by atoms with van der Waals surface area (Å²) in [4.78, 5) is 6.60. The van der Waals surface area contributed by atoms with Gasteiger partial charge in [-0.2, -0.15) is 0 Å². The van der Waals surface area contributed by atoms with Crippen molar-refractivity contribution >= 4 is 49.6 Å². The highest BCUT2D eigenvalue weighted by Gasteiger charge is 2.41. The molecule has 2 fully saturated rings. The molecule has 2 saturated heterocycles. The molecule has 0 saturated carbocycles. The molecule has 1 unspecified atom stereocenters. The molecular weight excluding hydrogens is 477 g/mol. The van der Waals surface area contributed by atoms with Crippen LogP contribution in [0.2, 0.25) is 0 Å². The van der Waals surface area contributed by atoms with Crippen LogP contribution in [-0.4, -0.2) is 75.4 Å². The Morgan fingerprint density at radius 1 is 1.24 bits per heavy atom. The highest BCUT2D eigenvalue weighted by molar-refractivity contribution is 14.0. The van der Waals surface area contributed by atoms with E-state index in [1.807, 2.05) is 18.7 Å². The van der Waals surface area contributed by atoms with Gasteiger partial charge in [-0.25, -0.2) is 16.8 Å². The molecule has 1 N–H and O–H groups in total. The predicted molar refractivity (Wildman–Crippen MR) is 112 cm³/mol. The first-order valence-electron chi connectivity index (χ1n) is 8.40. The third-order valence-corrected chi connectivity index (χ3v) is 8.96. The van der Waals surface area contributed by atoms with Gasteiger partial charge in [0.2, 0.25) is 0 Å². The van der Waals surface area contributed by atoms with Crippen LogP contribution >= 0.6 is 24.0 Å². The van der Waals surface area contributed by atoms with Gasteiger partial charge in [0.1, 0.15) is 0 Å². The molecule has 0 spiro atoms. The van der Waals surface area contributed by atoms with Gasteiger partial charge in [0, 0.05) is 25.7 Å². The lowest BCUT2D eigenvalue weighted by Crippen LogP contribution is -2.58. The van der Waals surface area contributed by atoms with E-state index >= 15 is 0 Å². The first-order valence-corrected chi connectivity index (χ1v) is 11.9. The van der Waals surface area contributed by atoms with Gasteiger partial charge in [-0.3, -0.25) is 4.99 Å². The van der Waals surface area contributed by atoms with Crippen molar-refractivity contribution < 1.29 is 16.8 Å². The highest BCUT2D eigenvalue weighted by atomic mass is 127. The number of halogens is 1. The van der Waals surface area contributed by atoms with Gasteiger partial charge in [0.05, 0.1) is 22.0 Å². The molecule has 2 rings (SSSR count). The molecule has 0 aromatic heterocycles. The number of aliphatic imine (C=N–C) groups is 1. The molecule has 25 heavy (non-hydrogen) atoms. The summed E-state index contributed by atoms with van der Waals surface area (Å²) < 4.78 is 46.7. The molecule has 0 amide bonds. The molecule has 0 aliphatic carbocycles. The summed E-state index contributed by atoms with van der Waals surface area (Å²) >= 11 is 0. The fraction of sp³-hybridized carbons (Fsp3) is 0.933. The van der Waals surface area contributed by atoms with Crippen molar-refractivity contribution in [2.24, 2.45) is 10.9 Å². The fourth-order valence-electron chi connectivity index (χ4n) is 3.05. The van der Waals surface area contributed by atoms with Crippen LogP contribution in [0, 0.1) is 5.92 Å². The van der Waals surface area contributed by atoms with E-state index in [4.69, 9.17) is 0 Å².